The third-order valence-electron chi connectivity index (χ3n) is 2.41. The Morgan fingerprint density at radius 3 is 2.19 bits per heavy atom. The second kappa shape index (κ2) is 7.50. The first-order valence-electron chi connectivity index (χ1n) is 5.30. The zero-order valence-electron chi connectivity index (χ0n) is 9.92. The van der Waals surface area contributed by atoms with Gasteiger partial charge in [0.25, 0.3) is 10.1 Å². The summed E-state index contributed by atoms with van der Waals surface area (Å²) >= 11 is 0.852. The van der Waals surface area contributed by atoms with Crippen molar-refractivity contribution in [2.24, 2.45) is 0 Å². The first-order chi connectivity index (χ1) is 7.27. The van der Waals surface area contributed by atoms with Crippen molar-refractivity contribution in [3.8, 4) is 0 Å². The van der Waals surface area contributed by atoms with Gasteiger partial charge in [-0.1, -0.05) is 0 Å². The van der Waals surface area contributed by atoms with Crippen LogP contribution in [0.1, 0.15) is 19.3 Å². The maximum absolute atomic E-state index is 10.5. The fourth-order valence-electron chi connectivity index (χ4n) is 1.49. The molecule has 0 aromatic heterocycles. The van der Waals surface area contributed by atoms with E-state index in [0.29, 0.717) is 6.42 Å². The van der Waals surface area contributed by atoms with E-state index >= 15 is 0 Å². The van der Waals surface area contributed by atoms with E-state index in [9.17, 15) is 8.42 Å². The number of rotatable bonds is 9. The molecule has 5 nitrogen and oxygen atoms in total. The minimum Gasteiger partial charge on any atom is -0.330 e. The van der Waals surface area contributed by atoms with Gasteiger partial charge in [-0.05, 0) is 24.9 Å². The fourth-order valence-corrected chi connectivity index (χ4v) is 2.32. The number of quaternary nitrogens is 1. The number of hydrogen-bond donors (Lipinski definition) is 2. The molecule has 0 heterocycles. The van der Waals surface area contributed by atoms with Crippen LogP contribution in [0.25, 0.3) is 0 Å². The Labute approximate surface area is 102 Å². The lowest BCUT2D eigenvalue weighted by atomic mass is 10.3. The average Bonchev–Trinajstić information content (AvgIpc) is 2.11. The second-order valence-corrected chi connectivity index (χ2v) is 6.80. The third-order valence-corrected chi connectivity index (χ3v) is 3.69. The molecule has 16 heavy (non-hydrogen) atoms. The monoisotopic (exact) mass is 272 g/mol. The summed E-state index contributed by atoms with van der Waals surface area (Å²) in [5.74, 6) is 0.576. The van der Waals surface area contributed by atoms with Gasteiger partial charge in [-0.3, -0.25) is 4.55 Å². The Hall–Kier alpha value is 0.180. The Bertz CT molecular complexity index is 277. The van der Waals surface area contributed by atoms with Crippen molar-refractivity contribution in [1.82, 2.24) is 0 Å². The van der Waals surface area contributed by atoms with Gasteiger partial charge in [0.2, 0.25) is 0 Å². The molecule has 0 spiro atoms. The molecule has 0 fully saturated rings. The molecule has 0 aliphatic rings. The molecule has 7 heteroatoms. The van der Waals surface area contributed by atoms with Gasteiger partial charge in [-0.25, -0.2) is 0 Å². The normalized spacial score (nSPS) is 13.0. The molecule has 0 saturated carbocycles. The van der Waals surface area contributed by atoms with Crippen LogP contribution in [0.3, 0.4) is 0 Å². The maximum atomic E-state index is 10.5. The van der Waals surface area contributed by atoms with Crippen molar-refractivity contribution in [1.29, 1.82) is 0 Å². The van der Waals surface area contributed by atoms with E-state index in [4.69, 9.17) is 9.11 Å². The summed E-state index contributed by atoms with van der Waals surface area (Å²) in [5.41, 5.74) is 0. The van der Waals surface area contributed by atoms with Crippen LogP contribution in [-0.2, 0) is 10.1 Å². The van der Waals surface area contributed by atoms with Gasteiger partial charge in [0.1, 0.15) is 0 Å². The molecule has 0 radical (unpaired) electrons. The van der Waals surface area contributed by atoms with Gasteiger partial charge in [0.05, 0.1) is 32.9 Å². The van der Waals surface area contributed by atoms with Crippen LogP contribution in [0.2, 0.25) is 0 Å². The highest BCUT2D eigenvalue weighted by Crippen LogP contribution is 2.06. The highest BCUT2D eigenvalue weighted by Gasteiger charge is 2.14. The molecule has 0 aliphatic carbocycles. The summed E-state index contributed by atoms with van der Waals surface area (Å²) in [5, 5.41) is 0. The zero-order valence-corrected chi connectivity index (χ0v) is 11.6. The molecule has 2 N–H and O–H groups in total. The molecular formula is C9H22NO4S2+. The van der Waals surface area contributed by atoms with Crippen LogP contribution in [0, 0.1) is 0 Å². The summed E-state index contributed by atoms with van der Waals surface area (Å²) in [4.78, 5) is 0. The van der Waals surface area contributed by atoms with Crippen LogP contribution in [-0.4, -0.2) is 60.7 Å². The van der Waals surface area contributed by atoms with Crippen LogP contribution < -0.4 is 0 Å². The van der Waals surface area contributed by atoms with E-state index < -0.39 is 10.1 Å². The van der Waals surface area contributed by atoms with Gasteiger partial charge in [-0.15, -0.1) is 0 Å². The summed E-state index contributed by atoms with van der Waals surface area (Å²) in [6.07, 6.45) is 2.21. The smallest absolute Gasteiger partial charge is 0.264 e. The van der Waals surface area contributed by atoms with Crippen molar-refractivity contribution in [2.75, 3.05) is 38.7 Å². The van der Waals surface area contributed by atoms with Crippen LogP contribution >= 0.6 is 12.0 Å². The molecule has 0 aromatic rings. The van der Waals surface area contributed by atoms with Crippen molar-refractivity contribution in [2.45, 2.75) is 19.3 Å². The molecule has 0 saturated heterocycles. The van der Waals surface area contributed by atoms with Crippen LogP contribution in [0.5, 0.6) is 0 Å². The molecule has 0 bridgehead atoms. The fraction of sp³-hybridized carbons (Fsp3) is 1.00. The van der Waals surface area contributed by atoms with Crippen LogP contribution in [0.4, 0.5) is 0 Å². The largest absolute Gasteiger partial charge is 0.330 e. The summed E-state index contributed by atoms with van der Waals surface area (Å²) < 4.78 is 38.9. The first-order valence-corrected chi connectivity index (χ1v) is 7.85. The Morgan fingerprint density at radius 1 is 1.12 bits per heavy atom. The maximum Gasteiger partial charge on any atom is 0.264 e. The lowest BCUT2D eigenvalue weighted by molar-refractivity contribution is -0.890. The van der Waals surface area contributed by atoms with Crippen molar-refractivity contribution >= 4 is 22.2 Å². The number of nitrogens with zero attached hydrogens (tertiary/aromatic N) is 1. The standard InChI is InChI=1S/C9H21NO4S2/c1-10(2,7-5-8-15-11)6-3-4-9-16(12,13)14/h3-9H2,1-2H3,(H-,11,12,13,14)/p+1. The summed E-state index contributed by atoms with van der Waals surface area (Å²) in [6.45, 7) is 1.84. The van der Waals surface area contributed by atoms with Crippen LogP contribution in [0.15, 0.2) is 0 Å². The van der Waals surface area contributed by atoms with Gasteiger partial charge >= 0.3 is 0 Å². The Kier molecular flexibility index (Phi) is 7.58. The highest BCUT2D eigenvalue weighted by atomic mass is 32.2. The third kappa shape index (κ3) is 10.7. The summed E-state index contributed by atoms with van der Waals surface area (Å²) in [6, 6.07) is 0. The van der Waals surface area contributed by atoms with Gasteiger partial charge in [0.15, 0.2) is 0 Å². The quantitative estimate of drug-likeness (QED) is 0.287. The molecule has 0 atom stereocenters. The minimum atomic E-state index is -3.81. The van der Waals surface area contributed by atoms with E-state index in [0.717, 1.165) is 48.2 Å². The van der Waals surface area contributed by atoms with E-state index in [-0.39, 0.29) is 5.75 Å². The molecular weight excluding hydrogens is 250 g/mol. The molecule has 0 rings (SSSR count). The predicted molar refractivity (Wildman–Crippen MR) is 67.2 cm³/mol. The van der Waals surface area contributed by atoms with Crippen molar-refractivity contribution in [3.63, 3.8) is 0 Å². The average molecular weight is 272 g/mol. The molecule has 0 aliphatic heterocycles. The molecule has 98 valence electrons. The van der Waals surface area contributed by atoms with Gasteiger partial charge < -0.3 is 9.04 Å². The molecule has 0 amide bonds. The van der Waals surface area contributed by atoms with E-state index in [2.05, 4.69) is 14.1 Å². The van der Waals surface area contributed by atoms with E-state index in [1.165, 1.54) is 0 Å². The van der Waals surface area contributed by atoms with Gasteiger partial charge in [0, 0.05) is 12.2 Å². The lowest BCUT2D eigenvalue weighted by Crippen LogP contribution is -2.41. The zero-order chi connectivity index (χ0) is 12.7. The number of hydrogen-bond acceptors (Lipinski definition) is 4. The van der Waals surface area contributed by atoms with E-state index in [1.54, 1.807) is 0 Å². The summed E-state index contributed by atoms with van der Waals surface area (Å²) in [7, 11) is 0.352. The van der Waals surface area contributed by atoms with Crippen molar-refractivity contribution in [3.05, 3.63) is 0 Å². The van der Waals surface area contributed by atoms with E-state index in [1.807, 2.05) is 0 Å². The Balaban J connectivity index is 3.65. The molecule has 0 aromatic carbocycles. The topological polar surface area (TPSA) is 74.6 Å². The predicted octanol–water partition coefficient (Wildman–Crippen LogP) is 1.33. The van der Waals surface area contributed by atoms with Gasteiger partial charge in [-0.2, -0.15) is 8.42 Å². The lowest BCUT2D eigenvalue weighted by Gasteiger charge is -2.29. The first kappa shape index (κ1) is 16.2. The van der Waals surface area contributed by atoms with Crippen molar-refractivity contribution < 1.29 is 22.0 Å². The second-order valence-electron chi connectivity index (χ2n) is 4.56. The minimum absolute atomic E-state index is 0.153. The molecule has 0 unspecified atom stereocenters. The Morgan fingerprint density at radius 2 is 1.69 bits per heavy atom. The SMILES string of the molecule is C[N+](C)(CCCCS(=O)(=O)O)CCCSO. The number of unbranched alkanes of at least 4 members (excludes halogenated alkanes) is 1. The highest BCUT2D eigenvalue weighted by molar-refractivity contribution is 7.93.